The average Bonchev–Trinajstić information content (AvgIpc) is 3.11. The number of nitrogens with one attached hydrogen (secondary N) is 1. The Kier molecular flexibility index (Phi) is 4.87. The van der Waals surface area contributed by atoms with Crippen molar-refractivity contribution in [1.82, 2.24) is 15.3 Å². The smallest absolute Gasteiger partial charge is 0.261 e. The van der Waals surface area contributed by atoms with Gasteiger partial charge in [-0.15, -0.1) is 11.3 Å². The summed E-state index contributed by atoms with van der Waals surface area (Å²) in [7, 11) is 0. The Balaban J connectivity index is 1.45. The maximum Gasteiger partial charge on any atom is 0.261 e. The lowest BCUT2D eigenvalue weighted by molar-refractivity contribution is 0.0954. The Bertz CT molecular complexity index is 976. The zero-order chi connectivity index (χ0) is 18.8. The van der Waals surface area contributed by atoms with Crippen molar-refractivity contribution in [2.24, 2.45) is 0 Å². The van der Waals surface area contributed by atoms with Crippen LogP contribution in [0, 0.1) is 6.92 Å². The number of amides is 1. The van der Waals surface area contributed by atoms with Crippen molar-refractivity contribution in [3.8, 4) is 11.3 Å². The summed E-state index contributed by atoms with van der Waals surface area (Å²) in [4.78, 5) is 22.7. The molecule has 0 spiro atoms. The van der Waals surface area contributed by atoms with Crippen LogP contribution in [0.1, 0.15) is 31.2 Å². The maximum absolute atomic E-state index is 12.5. The van der Waals surface area contributed by atoms with Gasteiger partial charge in [-0.25, -0.2) is 9.97 Å². The van der Waals surface area contributed by atoms with Crippen LogP contribution in [0.2, 0.25) is 0 Å². The summed E-state index contributed by atoms with van der Waals surface area (Å²) in [5.74, 6) is 0.215. The third-order valence-electron chi connectivity index (χ3n) is 4.60. The fraction of sp³-hybridized carbons (Fsp3) is 0.250. The van der Waals surface area contributed by atoms with Crippen LogP contribution in [0.3, 0.4) is 0 Å². The quantitative estimate of drug-likeness (QED) is 0.726. The maximum atomic E-state index is 12.5. The number of benzene rings is 1. The van der Waals surface area contributed by atoms with E-state index in [1.165, 1.54) is 4.88 Å². The summed E-state index contributed by atoms with van der Waals surface area (Å²) in [6.07, 6.45) is 2.54. The first-order valence-electron chi connectivity index (χ1n) is 8.76. The standard InChI is InChI=1S/C20H20N4O2S/c1-12-8-13(16-4-6-22-20(21)24-16)2-3-14(12)10-23-19(25)18-9-15-11-26-7-5-17(15)27-18/h2-4,6,8-9H,5,7,10-11H2,1H3,(H,23,25)(H2,21,22,24). The summed E-state index contributed by atoms with van der Waals surface area (Å²) in [5, 5.41) is 3.02. The number of carbonyl (C=O) groups excluding carboxylic acids is 1. The lowest BCUT2D eigenvalue weighted by Gasteiger charge is -2.10. The summed E-state index contributed by atoms with van der Waals surface area (Å²) >= 11 is 1.57. The Morgan fingerprint density at radius 3 is 3.00 bits per heavy atom. The molecule has 4 rings (SSSR count). The van der Waals surface area contributed by atoms with E-state index in [4.69, 9.17) is 10.5 Å². The van der Waals surface area contributed by atoms with Crippen LogP contribution in [0.4, 0.5) is 5.95 Å². The predicted molar refractivity (Wildman–Crippen MR) is 105 cm³/mol. The SMILES string of the molecule is Cc1cc(-c2ccnc(N)n2)ccc1CNC(=O)c1cc2c(s1)CCOC2. The molecule has 2 aromatic heterocycles. The van der Waals surface area contributed by atoms with Crippen LogP contribution in [0.5, 0.6) is 0 Å². The van der Waals surface area contributed by atoms with Gasteiger partial charge in [-0.3, -0.25) is 4.79 Å². The zero-order valence-electron chi connectivity index (χ0n) is 15.0. The van der Waals surface area contributed by atoms with Crippen molar-refractivity contribution < 1.29 is 9.53 Å². The summed E-state index contributed by atoms with van der Waals surface area (Å²) < 4.78 is 5.45. The summed E-state index contributed by atoms with van der Waals surface area (Å²) in [5.41, 5.74) is 10.7. The fourth-order valence-corrected chi connectivity index (χ4v) is 4.18. The van der Waals surface area contributed by atoms with Gasteiger partial charge in [0.05, 0.1) is 23.8 Å². The molecule has 1 aliphatic heterocycles. The Morgan fingerprint density at radius 1 is 1.33 bits per heavy atom. The molecule has 3 heterocycles. The number of carbonyl (C=O) groups is 1. The molecule has 1 aliphatic rings. The molecule has 27 heavy (non-hydrogen) atoms. The van der Waals surface area contributed by atoms with Crippen molar-refractivity contribution in [1.29, 1.82) is 0 Å². The van der Waals surface area contributed by atoms with Gasteiger partial charge in [-0.2, -0.15) is 0 Å². The number of aromatic nitrogens is 2. The topological polar surface area (TPSA) is 90.1 Å². The summed E-state index contributed by atoms with van der Waals surface area (Å²) in [6, 6.07) is 9.82. The lowest BCUT2D eigenvalue weighted by atomic mass is 10.0. The third-order valence-corrected chi connectivity index (χ3v) is 5.84. The molecule has 3 aromatic rings. The molecule has 6 nitrogen and oxygen atoms in total. The number of fused-ring (bicyclic) bond motifs is 1. The number of ether oxygens (including phenoxy) is 1. The Morgan fingerprint density at radius 2 is 2.22 bits per heavy atom. The minimum Gasteiger partial charge on any atom is -0.376 e. The third kappa shape index (κ3) is 3.84. The van der Waals surface area contributed by atoms with E-state index < -0.39 is 0 Å². The first-order chi connectivity index (χ1) is 13.1. The second kappa shape index (κ2) is 7.46. The molecule has 7 heteroatoms. The number of aryl methyl sites for hydroxylation is 1. The van der Waals surface area contributed by atoms with Gasteiger partial charge in [0.25, 0.3) is 5.91 Å². The van der Waals surface area contributed by atoms with Gasteiger partial charge in [-0.1, -0.05) is 12.1 Å². The van der Waals surface area contributed by atoms with E-state index in [-0.39, 0.29) is 11.9 Å². The van der Waals surface area contributed by atoms with Gasteiger partial charge in [-0.05, 0) is 41.8 Å². The fourth-order valence-electron chi connectivity index (χ4n) is 3.11. The van der Waals surface area contributed by atoms with E-state index >= 15 is 0 Å². The van der Waals surface area contributed by atoms with Crippen LogP contribution in [0.25, 0.3) is 11.3 Å². The highest BCUT2D eigenvalue weighted by molar-refractivity contribution is 7.14. The van der Waals surface area contributed by atoms with E-state index in [9.17, 15) is 4.79 Å². The molecule has 138 valence electrons. The molecule has 0 aliphatic carbocycles. The Hall–Kier alpha value is -2.77. The number of rotatable bonds is 4. The van der Waals surface area contributed by atoms with E-state index in [1.807, 2.05) is 37.3 Å². The molecule has 0 unspecified atom stereocenters. The van der Waals surface area contributed by atoms with Crippen LogP contribution in [0.15, 0.2) is 36.5 Å². The number of thiophene rings is 1. The van der Waals surface area contributed by atoms with E-state index in [0.717, 1.165) is 45.9 Å². The van der Waals surface area contributed by atoms with E-state index in [2.05, 4.69) is 15.3 Å². The highest BCUT2D eigenvalue weighted by Crippen LogP contribution is 2.27. The Labute approximate surface area is 161 Å². The van der Waals surface area contributed by atoms with E-state index in [0.29, 0.717) is 13.2 Å². The number of hydrogen-bond donors (Lipinski definition) is 2. The van der Waals surface area contributed by atoms with Gasteiger partial charge >= 0.3 is 0 Å². The highest BCUT2D eigenvalue weighted by Gasteiger charge is 2.17. The van der Waals surface area contributed by atoms with Crippen molar-refractivity contribution in [3.05, 3.63) is 63.0 Å². The minimum absolute atomic E-state index is 0.0403. The van der Waals surface area contributed by atoms with Crippen LogP contribution < -0.4 is 11.1 Å². The second-order valence-corrected chi connectivity index (χ2v) is 7.62. The molecule has 0 atom stereocenters. The van der Waals surface area contributed by atoms with Crippen molar-refractivity contribution in [2.45, 2.75) is 26.5 Å². The zero-order valence-corrected chi connectivity index (χ0v) is 15.8. The number of anilines is 1. The van der Waals surface area contributed by atoms with Gasteiger partial charge in [0.1, 0.15) is 0 Å². The van der Waals surface area contributed by atoms with Gasteiger partial charge < -0.3 is 15.8 Å². The molecular formula is C20H20N4O2S. The minimum atomic E-state index is -0.0403. The molecular weight excluding hydrogens is 360 g/mol. The van der Waals surface area contributed by atoms with Crippen molar-refractivity contribution in [2.75, 3.05) is 12.3 Å². The molecule has 0 saturated carbocycles. The second-order valence-electron chi connectivity index (χ2n) is 6.49. The predicted octanol–water partition coefficient (Wildman–Crippen LogP) is 3.10. The average molecular weight is 380 g/mol. The highest BCUT2D eigenvalue weighted by atomic mass is 32.1. The van der Waals surface area contributed by atoms with Crippen LogP contribution >= 0.6 is 11.3 Å². The molecule has 0 radical (unpaired) electrons. The van der Waals surface area contributed by atoms with Crippen LogP contribution in [-0.4, -0.2) is 22.5 Å². The molecule has 0 saturated heterocycles. The number of nitrogens with zero attached hydrogens (tertiary/aromatic N) is 2. The van der Waals surface area contributed by atoms with Gasteiger partial charge in [0.2, 0.25) is 5.95 Å². The molecule has 0 fully saturated rings. The van der Waals surface area contributed by atoms with Crippen molar-refractivity contribution in [3.63, 3.8) is 0 Å². The normalized spacial score (nSPS) is 13.2. The van der Waals surface area contributed by atoms with E-state index in [1.54, 1.807) is 17.5 Å². The lowest BCUT2D eigenvalue weighted by Crippen LogP contribution is -2.22. The molecule has 0 bridgehead atoms. The summed E-state index contributed by atoms with van der Waals surface area (Å²) in [6.45, 7) is 3.85. The monoisotopic (exact) mass is 380 g/mol. The number of hydrogen-bond acceptors (Lipinski definition) is 6. The van der Waals surface area contributed by atoms with Gasteiger partial charge in [0.15, 0.2) is 0 Å². The number of nitrogens with two attached hydrogens (primary N) is 1. The van der Waals surface area contributed by atoms with Crippen LogP contribution in [-0.2, 0) is 24.3 Å². The van der Waals surface area contributed by atoms with Gasteiger partial charge in [0, 0.05) is 29.6 Å². The largest absolute Gasteiger partial charge is 0.376 e. The first kappa shape index (κ1) is 17.6. The van der Waals surface area contributed by atoms with Crippen molar-refractivity contribution >= 4 is 23.2 Å². The molecule has 1 amide bonds. The number of nitrogen functional groups attached to an aromatic ring is 1. The molecule has 1 aromatic carbocycles. The molecule has 3 N–H and O–H groups in total. The first-order valence-corrected chi connectivity index (χ1v) is 9.58.